The van der Waals surface area contributed by atoms with E-state index in [1.54, 1.807) is 5.56 Å². The second-order valence-electron chi connectivity index (χ2n) is 7.90. The van der Waals surface area contributed by atoms with E-state index in [1.807, 2.05) is 13.8 Å². The summed E-state index contributed by atoms with van der Waals surface area (Å²) in [5, 5.41) is 16.4. The number of fused-ring (bicyclic) bond motifs is 1. The van der Waals surface area contributed by atoms with Crippen molar-refractivity contribution in [3.63, 3.8) is 0 Å². The normalized spacial score (nSPS) is 22.5. The molecule has 1 atom stereocenters. The summed E-state index contributed by atoms with van der Waals surface area (Å²) in [6.45, 7) is 5.18. The number of benzene rings is 1. The van der Waals surface area contributed by atoms with Crippen LogP contribution < -0.4 is 5.32 Å². The minimum Gasteiger partial charge on any atom is -0.655 e. The maximum atomic E-state index is 8.51. The Labute approximate surface area is 198 Å². The van der Waals surface area contributed by atoms with Crippen molar-refractivity contribution in [3.8, 4) is 0 Å². The molecule has 28 heavy (non-hydrogen) atoms. The quantitative estimate of drug-likeness (QED) is 0.532. The second kappa shape index (κ2) is 16.0. The van der Waals surface area contributed by atoms with Gasteiger partial charge in [-0.05, 0) is 24.8 Å². The van der Waals surface area contributed by atoms with E-state index in [2.05, 4.69) is 29.6 Å². The summed E-state index contributed by atoms with van der Waals surface area (Å²) >= 11 is 0. The van der Waals surface area contributed by atoms with E-state index in [1.165, 1.54) is 69.8 Å². The van der Waals surface area contributed by atoms with Crippen LogP contribution in [0.15, 0.2) is 24.3 Å². The maximum absolute atomic E-state index is 8.51. The van der Waals surface area contributed by atoms with Crippen LogP contribution in [0.25, 0.3) is 5.32 Å². The topological polar surface area (TPSA) is 46.4 Å². The fourth-order valence-corrected chi connectivity index (χ4v) is 4.76. The molecule has 1 aromatic rings. The molecule has 0 bridgehead atoms. The van der Waals surface area contributed by atoms with Crippen LogP contribution in [-0.2, 0) is 39.1 Å². The molecule has 0 saturated heterocycles. The molecule has 3 nitrogen and oxygen atoms in total. The number of hydrogen-bond acceptors (Lipinski definition) is 2. The third-order valence-electron chi connectivity index (χ3n) is 6.16. The summed E-state index contributed by atoms with van der Waals surface area (Å²) in [6.07, 6.45) is 14.7. The standard InChI is InChI=1S/C15H20N.C7H15NO.C2H6.Y/c1-2-7-13(8-3-1)15-14-9-5-4-6-12(14)10-11-16-15;9-6-8-7-4-2-1-3-5-7;1-2;/h4-6,9,13,15H,1-3,7-8,10-11H2;7-9H,1-6H2;1-2H3;/q-1;;;. The van der Waals surface area contributed by atoms with Crippen molar-refractivity contribution >= 4 is 0 Å². The van der Waals surface area contributed by atoms with Crippen LogP contribution in [0.2, 0.25) is 0 Å². The Morgan fingerprint density at radius 2 is 1.54 bits per heavy atom. The molecule has 0 aromatic heterocycles. The number of aliphatic hydroxyl groups excluding tert-OH is 1. The molecule has 0 amide bonds. The smallest absolute Gasteiger partial charge is 0.0933 e. The van der Waals surface area contributed by atoms with E-state index in [0.29, 0.717) is 12.1 Å². The Hall–Kier alpha value is 0.204. The molecule has 1 heterocycles. The number of hydrogen-bond donors (Lipinski definition) is 2. The van der Waals surface area contributed by atoms with Gasteiger partial charge in [0.25, 0.3) is 0 Å². The van der Waals surface area contributed by atoms with Gasteiger partial charge in [0.1, 0.15) is 0 Å². The molecule has 1 radical (unpaired) electrons. The van der Waals surface area contributed by atoms with Crippen molar-refractivity contribution < 1.29 is 37.8 Å². The van der Waals surface area contributed by atoms with Crippen LogP contribution in [0.5, 0.6) is 0 Å². The van der Waals surface area contributed by atoms with Crippen LogP contribution in [-0.4, -0.2) is 24.4 Å². The monoisotopic (exact) mass is 462 g/mol. The minimum absolute atomic E-state index is 0. The van der Waals surface area contributed by atoms with Gasteiger partial charge in [0.2, 0.25) is 0 Å². The van der Waals surface area contributed by atoms with Gasteiger partial charge in [0, 0.05) is 38.8 Å². The molecular weight excluding hydrogens is 421 g/mol. The average Bonchev–Trinajstić information content (AvgIpc) is 2.77. The van der Waals surface area contributed by atoms with E-state index in [4.69, 9.17) is 10.4 Å². The number of rotatable bonds is 3. The number of nitrogens with zero attached hydrogens (tertiary/aromatic N) is 1. The first-order valence-electron chi connectivity index (χ1n) is 11.5. The Bertz CT molecular complexity index is 496. The third kappa shape index (κ3) is 8.52. The molecule has 3 aliphatic rings. The van der Waals surface area contributed by atoms with Crippen LogP contribution >= 0.6 is 0 Å². The van der Waals surface area contributed by atoms with Gasteiger partial charge in [-0.2, -0.15) is 0 Å². The summed E-state index contributed by atoms with van der Waals surface area (Å²) in [4.78, 5) is 0. The molecule has 4 heteroatoms. The zero-order chi connectivity index (χ0) is 19.3. The van der Waals surface area contributed by atoms with Crippen LogP contribution in [0, 0.1) is 5.92 Å². The second-order valence-corrected chi connectivity index (χ2v) is 7.90. The zero-order valence-electron chi connectivity index (χ0n) is 18.2. The molecule has 1 unspecified atom stereocenters. The molecule has 0 spiro atoms. The first-order chi connectivity index (χ1) is 13.4. The predicted molar refractivity (Wildman–Crippen MR) is 116 cm³/mol. The van der Waals surface area contributed by atoms with Crippen LogP contribution in [0.3, 0.4) is 0 Å². The molecule has 2 saturated carbocycles. The van der Waals surface area contributed by atoms with Crippen molar-refractivity contribution in [1.29, 1.82) is 0 Å². The van der Waals surface area contributed by atoms with Crippen LogP contribution in [0.1, 0.15) is 95.2 Å². The minimum atomic E-state index is 0. The van der Waals surface area contributed by atoms with E-state index in [0.717, 1.165) is 18.9 Å². The zero-order valence-corrected chi connectivity index (χ0v) is 21.0. The Balaban J connectivity index is 0.000000282. The van der Waals surface area contributed by atoms with Gasteiger partial charge in [0.05, 0.1) is 6.73 Å². The summed E-state index contributed by atoms with van der Waals surface area (Å²) in [5.74, 6) is 0.829. The van der Waals surface area contributed by atoms with Gasteiger partial charge in [0.15, 0.2) is 0 Å². The van der Waals surface area contributed by atoms with Gasteiger partial charge in [-0.25, -0.2) is 0 Å². The molecule has 157 valence electrons. The number of nitrogens with one attached hydrogen (secondary N) is 1. The maximum Gasteiger partial charge on any atom is 0.0933 e. The fourth-order valence-electron chi connectivity index (χ4n) is 4.76. The Kier molecular flexibility index (Phi) is 15.0. The molecule has 4 rings (SSSR count). The van der Waals surface area contributed by atoms with Crippen molar-refractivity contribution in [2.24, 2.45) is 5.92 Å². The first-order valence-corrected chi connectivity index (χ1v) is 11.5. The molecule has 1 aromatic carbocycles. The van der Waals surface area contributed by atoms with Gasteiger partial charge in [-0.15, -0.1) is 12.6 Å². The molecule has 2 aliphatic carbocycles. The summed E-state index contributed by atoms with van der Waals surface area (Å²) in [5.41, 5.74) is 3.08. The van der Waals surface area contributed by atoms with Crippen molar-refractivity contribution in [2.75, 3.05) is 13.3 Å². The Morgan fingerprint density at radius 3 is 2.18 bits per heavy atom. The van der Waals surface area contributed by atoms with E-state index < -0.39 is 0 Å². The number of aliphatic hydroxyl groups is 1. The predicted octanol–water partition coefficient (Wildman–Crippen LogP) is 6.12. The molecule has 1 aliphatic heterocycles. The SMILES string of the molecule is CC.OCNC1CCCCC1.[Y].c1ccc2c(c1)CC[N-]C2C1CCCCC1. The van der Waals surface area contributed by atoms with E-state index in [9.17, 15) is 0 Å². The summed E-state index contributed by atoms with van der Waals surface area (Å²) < 4.78 is 0. The fraction of sp³-hybridized carbons (Fsp3) is 0.750. The van der Waals surface area contributed by atoms with Gasteiger partial charge < -0.3 is 10.4 Å². The summed E-state index contributed by atoms with van der Waals surface area (Å²) in [7, 11) is 0. The third-order valence-corrected chi connectivity index (χ3v) is 6.16. The van der Waals surface area contributed by atoms with Gasteiger partial charge in [-0.1, -0.05) is 101 Å². The van der Waals surface area contributed by atoms with Gasteiger partial charge >= 0.3 is 0 Å². The average molecular weight is 463 g/mol. The molecule has 2 fully saturated rings. The van der Waals surface area contributed by atoms with Crippen molar-refractivity contribution in [2.45, 2.75) is 96.6 Å². The van der Waals surface area contributed by atoms with Crippen molar-refractivity contribution in [1.82, 2.24) is 5.32 Å². The van der Waals surface area contributed by atoms with Crippen molar-refractivity contribution in [3.05, 3.63) is 40.7 Å². The van der Waals surface area contributed by atoms with E-state index >= 15 is 0 Å². The largest absolute Gasteiger partial charge is 0.655 e. The molecule has 2 N–H and O–H groups in total. The van der Waals surface area contributed by atoms with E-state index in [-0.39, 0.29) is 39.4 Å². The molecular formula is C24H41N2OY-. The van der Waals surface area contributed by atoms with Crippen LogP contribution in [0.4, 0.5) is 0 Å². The Morgan fingerprint density at radius 1 is 0.929 bits per heavy atom. The summed E-state index contributed by atoms with van der Waals surface area (Å²) in [6, 6.07) is 10.1. The van der Waals surface area contributed by atoms with Gasteiger partial charge in [-0.3, -0.25) is 5.32 Å². The first kappa shape index (κ1) is 26.2.